The maximum atomic E-state index is 12.3. The molecule has 4 heteroatoms. The van der Waals surface area contributed by atoms with Crippen LogP contribution in [0.15, 0.2) is 22.8 Å². The molecule has 0 bridgehead atoms. The number of nitrogens with zero attached hydrogens (tertiary/aromatic N) is 1. The maximum Gasteiger partial charge on any atom is 0.252 e. The van der Waals surface area contributed by atoms with Crippen molar-refractivity contribution < 1.29 is 13.9 Å². The minimum absolute atomic E-state index is 0.0777. The van der Waals surface area contributed by atoms with Gasteiger partial charge in [-0.25, -0.2) is 0 Å². The molecule has 1 amide bonds. The lowest BCUT2D eigenvalue weighted by atomic mass is 10.2. The van der Waals surface area contributed by atoms with Crippen molar-refractivity contribution in [2.75, 3.05) is 6.61 Å². The number of carbonyl (C=O) groups is 1. The molecule has 0 radical (unpaired) electrons. The molecule has 1 aliphatic heterocycles. The van der Waals surface area contributed by atoms with Gasteiger partial charge in [-0.3, -0.25) is 4.79 Å². The second-order valence-corrected chi connectivity index (χ2v) is 4.64. The van der Waals surface area contributed by atoms with Crippen molar-refractivity contribution in [2.45, 2.75) is 45.4 Å². The second-order valence-electron chi connectivity index (χ2n) is 4.64. The summed E-state index contributed by atoms with van der Waals surface area (Å²) in [6.07, 6.45) is 3.18. The highest BCUT2D eigenvalue weighted by Crippen LogP contribution is 2.18. The van der Waals surface area contributed by atoms with E-state index in [0.29, 0.717) is 13.2 Å². The lowest BCUT2D eigenvalue weighted by molar-refractivity contribution is -0.143. The van der Waals surface area contributed by atoms with Crippen LogP contribution in [0.2, 0.25) is 0 Å². The van der Waals surface area contributed by atoms with Gasteiger partial charge in [-0.2, -0.15) is 0 Å². The Morgan fingerprint density at radius 3 is 2.94 bits per heavy atom. The third-order valence-electron chi connectivity index (χ3n) is 3.02. The quantitative estimate of drug-likeness (QED) is 0.806. The van der Waals surface area contributed by atoms with Gasteiger partial charge in [-0.1, -0.05) is 0 Å². The van der Waals surface area contributed by atoms with Gasteiger partial charge in [0, 0.05) is 12.6 Å². The molecule has 2 rings (SSSR count). The fourth-order valence-electron chi connectivity index (χ4n) is 2.04. The Morgan fingerprint density at radius 1 is 1.59 bits per heavy atom. The van der Waals surface area contributed by atoms with Crippen LogP contribution in [-0.2, 0) is 16.1 Å². The smallest absolute Gasteiger partial charge is 0.252 e. The minimum Gasteiger partial charge on any atom is -0.467 e. The van der Waals surface area contributed by atoms with Crippen molar-refractivity contribution in [1.82, 2.24) is 4.90 Å². The van der Waals surface area contributed by atoms with Crippen molar-refractivity contribution in [1.29, 1.82) is 0 Å². The first kappa shape index (κ1) is 12.2. The Kier molecular flexibility index (Phi) is 3.84. The number of hydrogen-bond acceptors (Lipinski definition) is 3. The van der Waals surface area contributed by atoms with Crippen molar-refractivity contribution in [3.63, 3.8) is 0 Å². The molecule has 1 aliphatic rings. The summed E-state index contributed by atoms with van der Waals surface area (Å²) in [7, 11) is 0. The molecule has 0 spiro atoms. The van der Waals surface area contributed by atoms with Gasteiger partial charge < -0.3 is 14.1 Å². The molecule has 0 aliphatic carbocycles. The summed E-state index contributed by atoms with van der Waals surface area (Å²) in [4.78, 5) is 14.1. The summed E-state index contributed by atoms with van der Waals surface area (Å²) in [6, 6.07) is 3.87. The summed E-state index contributed by atoms with van der Waals surface area (Å²) in [5.41, 5.74) is 0. The molecule has 4 nitrogen and oxygen atoms in total. The number of carbonyl (C=O) groups excluding carboxylic acids is 1. The van der Waals surface area contributed by atoms with Crippen LogP contribution in [0.1, 0.15) is 32.4 Å². The van der Waals surface area contributed by atoms with E-state index in [1.54, 1.807) is 6.26 Å². The Labute approximate surface area is 102 Å². The van der Waals surface area contributed by atoms with Gasteiger partial charge in [0.1, 0.15) is 11.9 Å². The third-order valence-corrected chi connectivity index (χ3v) is 3.02. The summed E-state index contributed by atoms with van der Waals surface area (Å²) in [6.45, 7) is 5.23. The topological polar surface area (TPSA) is 42.7 Å². The standard InChI is InChI=1S/C13H19NO3/c1-10(2)14(9-11-5-3-7-16-11)13(15)12-6-4-8-17-12/h3,5,7,10,12H,4,6,8-9H2,1-2H3/t12-/m0/s1. The molecule has 2 heterocycles. The molecule has 0 aromatic carbocycles. The normalized spacial score (nSPS) is 19.8. The molecular formula is C13H19NO3. The molecule has 0 N–H and O–H groups in total. The van der Waals surface area contributed by atoms with Crippen LogP contribution in [0.4, 0.5) is 0 Å². The van der Waals surface area contributed by atoms with E-state index in [1.807, 2.05) is 30.9 Å². The van der Waals surface area contributed by atoms with E-state index < -0.39 is 0 Å². The zero-order valence-corrected chi connectivity index (χ0v) is 10.4. The van der Waals surface area contributed by atoms with Crippen LogP contribution in [-0.4, -0.2) is 29.6 Å². The maximum absolute atomic E-state index is 12.3. The zero-order chi connectivity index (χ0) is 12.3. The largest absolute Gasteiger partial charge is 0.467 e. The number of hydrogen-bond donors (Lipinski definition) is 0. The van der Waals surface area contributed by atoms with Gasteiger partial charge in [-0.05, 0) is 38.8 Å². The van der Waals surface area contributed by atoms with Crippen molar-refractivity contribution in [3.05, 3.63) is 24.2 Å². The van der Waals surface area contributed by atoms with E-state index in [1.165, 1.54) is 0 Å². The predicted molar refractivity (Wildman–Crippen MR) is 63.4 cm³/mol. The molecule has 1 aromatic rings. The van der Waals surface area contributed by atoms with Gasteiger partial charge in [0.05, 0.1) is 12.8 Å². The van der Waals surface area contributed by atoms with Gasteiger partial charge in [0.25, 0.3) is 5.91 Å². The SMILES string of the molecule is CC(C)N(Cc1ccco1)C(=O)[C@@H]1CCCO1. The lowest BCUT2D eigenvalue weighted by Crippen LogP contribution is -2.42. The first-order chi connectivity index (χ1) is 8.18. The molecule has 1 aromatic heterocycles. The van der Waals surface area contributed by atoms with Gasteiger partial charge >= 0.3 is 0 Å². The highest BCUT2D eigenvalue weighted by atomic mass is 16.5. The average molecular weight is 237 g/mol. The van der Waals surface area contributed by atoms with Gasteiger partial charge in [-0.15, -0.1) is 0 Å². The van der Waals surface area contributed by atoms with Crippen LogP contribution in [0.25, 0.3) is 0 Å². The van der Waals surface area contributed by atoms with Crippen LogP contribution >= 0.6 is 0 Å². The first-order valence-electron chi connectivity index (χ1n) is 6.13. The lowest BCUT2D eigenvalue weighted by Gasteiger charge is -2.28. The van der Waals surface area contributed by atoms with Crippen molar-refractivity contribution in [3.8, 4) is 0 Å². The Morgan fingerprint density at radius 2 is 2.41 bits per heavy atom. The summed E-state index contributed by atoms with van der Waals surface area (Å²) in [5.74, 6) is 0.888. The van der Waals surface area contributed by atoms with E-state index in [4.69, 9.17) is 9.15 Å². The van der Waals surface area contributed by atoms with E-state index >= 15 is 0 Å². The summed E-state index contributed by atoms with van der Waals surface area (Å²) in [5, 5.41) is 0. The van der Waals surface area contributed by atoms with Gasteiger partial charge in [0.2, 0.25) is 0 Å². The Bertz CT molecular complexity index is 353. The number of rotatable bonds is 4. The fourth-order valence-corrected chi connectivity index (χ4v) is 2.04. The predicted octanol–water partition coefficient (Wildman–Crippen LogP) is 2.20. The van der Waals surface area contributed by atoms with Crippen LogP contribution < -0.4 is 0 Å². The minimum atomic E-state index is -0.257. The van der Waals surface area contributed by atoms with Crippen LogP contribution in [0.3, 0.4) is 0 Å². The number of amides is 1. The molecule has 1 fully saturated rings. The highest BCUT2D eigenvalue weighted by Gasteiger charge is 2.29. The zero-order valence-electron chi connectivity index (χ0n) is 10.4. The van der Waals surface area contributed by atoms with Crippen molar-refractivity contribution in [2.24, 2.45) is 0 Å². The van der Waals surface area contributed by atoms with E-state index in [-0.39, 0.29) is 18.1 Å². The first-order valence-corrected chi connectivity index (χ1v) is 6.13. The van der Waals surface area contributed by atoms with Crippen molar-refractivity contribution >= 4 is 5.91 Å². The summed E-state index contributed by atoms with van der Waals surface area (Å²) >= 11 is 0. The monoisotopic (exact) mass is 237 g/mol. The average Bonchev–Trinajstić information content (AvgIpc) is 2.97. The molecule has 0 unspecified atom stereocenters. The molecule has 17 heavy (non-hydrogen) atoms. The van der Waals surface area contributed by atoms with E-state index in [9.17, 15) is 4.79 Å². The number of furan rings is 1. The molecule has 94 valence electrons. The Balaban J connectivity index is 2.03. The number of ether oxygens (including phenoxy) is 1. The summed E-state index contributed by atoms with van der Waals surface area (Å²) < 4.78 is 10.7. The molecular weight excluding hydrogens is 218 g/mol. The molecule has 0 saturated carbocycles. The van der Waals surface area contributed by atoms with Crippen LogP contribution in [0, 0.1) is 0 Å². The van der Waals surface area contributed by atoms with Gasteiger partial charge in [0.15, 0.2) is 0 Å². The fraction of sp³-hybridized carbons (Fsp3) is 0.615. The molecule has 1 saturated heterocycles. The third kappa shape index (κ3) is 2.88. The second kappa shape index (κ2) is 5.36. The highest BCUT2D eigenvalue weighted by molar-refractivity contribution is 5.81. The Hall–Kier alpha value is -1.29. The molecule has 1 atom stereocenters. The van der Waals surface area contributed by atoms with E-state index in [0.717, 1.165) is 18.6 Å². The van der Waals surface area contributed by atoms with Crippen LogP contribution in [0.5, 0.6) is 0 Å². The van der Waals surface area contributed by atoms with E-state index in [2.05, 4.69) is 0 Å².